The number of hydrogen-bond acceptors (Lipinski definition) is 5. The number of anilines is 1. The van der Waals surface area contributed by atoms with Crippen LogP contribution in [0.1, 0.15) is 49.3 Å². The third-order valence-corrected chi connectivity index (χ3v) is 10.4. The fraction of sp³-hybridized carbons (Fsp3) is 0.316. The highest BCUT2D eigenvalue weighted by Gasteiger charge is 2.35. The molecule has 1 aliphatic rings. The molecule has 0 bridgehead atoms. The SMILES string of the molecule is CCOc1ccc(S(=O)(=O)N(CC(=O)N(Cc2ccc(C)cc2)[C@@H](Cc2ccccc2)C(=O)NC2CCCC2)c2ccc(F)cc2)cc1. The molecule has 0 spiro atoms. The van der Waals surface area contributed by atoms with Crippen LogP contribution in [0.4, 0.5) is 10.1 Å². The fourth-order valence-electron chi connectivity index (χ4n) is 5.95. The van der Waals surface area contributed by atoms with Crippen molar-refractivity contribution < 1.29 is 27.1 Å². The Morgan fingerprint density at radius 2 is 1.52 bits per heavy atom. The fourth-order valence-corrected chi connectivity index (χ4v) is 7.36. The predicted octanol–water partition coefficient (Wildman–Crippen LogP) is 6.43. The molecule has 4 aromatic rings. The van der Waals surface area contributed by atoms with Crippen molar-refractivity contribution >= 4 is 27.5 Å². The Bertz CT molecular complexity index is 1760. The summed E-state index contributed by atoms with van der Waals surface area (Å²) in [5, 5.41) is 3.17. The molecule has 48 heavy (non-hydrogen) atoms. The summed E-state index contributed by atoms with van der Waals surface area (Å²) in [5.74, 6) is -0.899. The number of ether oxygens (including phenoxy) is 1. The maximum absolute atomic E-state index is 14.6. The van der Waals surface area contributed by atoms with Crippen LogP contribution in [0.5, 0.6) is 5.75 Å². The molecule has 1 fully saturated rings. The molecule has 8 nitrogen and oxygen atoms in total. The molecule has 1 aliphatic carbocycles. The highest BCUT2D eigenvalue weighted by Crippen LogP contribution is 2.27. The van der Waals surface area contributed by atoms with Crippen molar-refractivity contribution in [2.24, 2.45) is 0 Å². The summed E-state index contributed by atoms with van der Waals surface area (Å²) in [5.41, 5.74) is 2.82. The molecule has 5 rings (SSSR count). The Kier molecular flexibility index (Phi) is 11.5. The number of amides is 2. The van der Waals surface area contributed by atoms with E-state index in [4.69, 9.17) is 4.74 Å². The van der Waals surface area contributed by atoms with Crippen molar-refractivity contribution in [1.29, 1.82) is 0 Å². The van der Waals surface area contributed by atoms with E-state index in [2.05, 4.69) is 5.32 Å². The quantitative estimate of drug-likeness (QED) is 0.167. The number of benzene rings is 4. The van der Waals surface area contributed by atoms with Crippen LogP contribution >= 0.6 is 0 Å². The van der Waals surface area contributed by atoms with Crippen LogP contribution in [-0.2, 0) is 32.6 Å². The van der Waals surface area contributed by atoms with Gasteiger partial charge in [0.2, 0.25) is 11.8 Å². The summed E-state index contributed by atoms with van der Waals surface area (Å²) in [4.78, 5) is 30.1. The van der Waals surface area contributed by atoms with E-state index in [1.165, 1.54) is 29.2 Å². The van der Waals surface area contributed by atoms with Gasteiger partial charge in [-0.25, -0.2) is 12.8 Å². The van der Waals surface area contributed by atoms with Crippen LogP contribution < -0.4 is 14.4 Å². The number of nitrogens with one attached hydrogen (secondary N) is 1. The molecule has 4 aromatic carbocycles. The Hall–Kier alpha value is -4.70. The van der Waals surface area contributed by atoms with Crippen molar-refractivity contribution in [3.63, 3.8) is 0 Å². The number of carbonyl (C=O) groups excluding carboxylic acids is 2. The summed E-state index contributed by atoms with van der Waals surface area (Å²) in [6.07, 6.45) is 4.02. The lowest BCUT2D eigenvalue weighted by Gasteiger charge is -2.34. The second-order valence-corrected chi connectivity index (χ2v) is 14.0. The zero-order valence-corrected chi connectivity index (χ0v) is 28.2. The van der Waals surface area contributed by atoms with E-state index >= 15 is 0 Å². The predicted molar refractivity (Wildman–Crippen MR) is 185 cm³/mol. The summed E-state index contributed by atoms with van der Waals surface area (Å²) >= 11 is 0. The first-order valence-electron chi connectivity index (χ1n) is 16.3. The Morgan fingerprint density at radius 3 is 2.15 bits per heavy atom. The normalized spacial score (nSPS) is 13.9. The molecule has 2 amide bonds. The first-order chi connectivity index (χ1) is 23.1. The smallest absolute Gasteiger partial charge is 0.264 e. The molecule has 0 aromatic heterocycles. The molecule has 1 saturated carbocycles. The van der Waals surface area contributed by atoms with E-state index in [0.29, 0.717) is 12.4 Å². The molecule has 0 unspecified atom stereocenters. The summed E-state index contributed by atoms with van der Waals surface area (Å²) in [6, 6.07) is 27.1. The van der Waals surface area contributed by atoms with Gasteiger partial charge in [-0.1, -0.05) is 73.0 Å². The molecule has 1 N–H and O–H groups in total. The molecule has 0 heterocycles. The van der Waals surface area contributed by atoms with Gasteiger partial charge in [-0.2, -0.15) is 0 Å². The Labute approximate surface area is 282 Å². The molecular formula is C38H42FN3O5S. The van der Waals surface area contributed by atoms with Crippen LogP contribution in [0.2, 0.25) is 0 Å². The lowest BCUT2D eigenvalue weighted by Crippen LogP contribution is -2.54. The van der Waals surface area contributed by atoms with Crippen LogP contribution in [0.3, 0.4) is 0 Å². The lowest BCUT2D eigenvalue weighted by atomic mass is 10.0. The second kappa shape index (κ2) is 15.9. The maximum atomic E-state index is 14.6. The van der Waals surface area contributed by atoms with Crippen LogP contribution in [0.25, 0.3) is 0 Å². The number of nitrogens with zero attached hydrogens (tertiary/aromatic N) is 2. The van der Waals surface area contributed by atoms with Gasteiger partial charge in [-0.3, -0.25) is 13.9 Å². The highest BCUT2D eigenvalue weighted by atomic mass is 32.2. The minimum atomic E-state index is -4.32. The van der Waals surface area contributed by atoms with Gasteiger partial charge in [0.1, 0.15) is 24.2 Å². The van der Waals surface area contributed by atoms with Gasteiger partial charge < -0.3 is 15.0 Å². The van der Waals surface area contributed by atoms with Crippen molar-refractivity contribution in [3.8, 4) is 5.75 Å². The van der Waals surface area contributed by atoms with E-state index < -0.39 is 34.3 Å². The molecule has 10 heteroatoms. The van der Waals surface area contributed by atoms with E-state index in [-0.39, 0.29) is 35.5 Å². The van der Waals surface area contributed by atoms with E-state index in [1.807, 2.05) is 68.4 Å². The number of rotatable bonds is 14. The zero-order chi connectivity index (χ0) is 34.1. The highest BCUT2D eigenvalue weighted by molar-refractivity contribution is 7.92. The number of halogens is 1. The third-order valence-electron chi connectivity index (χ3n) is 8.56. The molecule has 0 radical (unpaired) electrons. The van der Waals surface area contributed by atoms with E-state index in [0.717, 1.165) is 58.8 Å². The zero-order valence-electron chi connectivity index (χ0n) is 27.3. The first kappa shape index (κ1) is 34.6. The Balaban J connectivity index is 1.55. The molecular weight excluding hydrogens is 629 g/mol. The van der Waals surface area contributed by atoms with Gasteiger partial charge in [-0.05, 0) is 86.3 Å². The summed E-state index contributed by atoms with van der Waals surface area (Å²) in [6.45, 7) is 3.67. The van der Waals surface area contributed by atoms with Crippen LogP contribution in [0.15, 0.2) is 108 Å². The first-order valence-corrected chi connectivity index (χ1v) is 17.8. The summed E-state index contributed by atoms with van der Waals surface area (Å²) < 4.78 is 48.9. The monoisotopic (exact) mass is 671 g/mol. The lowest BCUT2D eigenvalue weighted by molar-refractivity contribution is -0.140. The number of hydrogen-bond donors (Lipinski definition) is 1. The van der Waals surface area contributed by atoms with Gasteiger partial charge in [-0.15, -0.1) is 0 Å². The van der Waals surface area contributed by atoms with Crippen molar-refractivity contribution in [3.05, 3.63) is 126 Å². The second-order valence-electron chi connectivity index (χ2n) is 12.1. The van der Waals surface area contributed by atoms with Gasteiger partial charge in [0, 0.05) is 19.0 Å². The Morgan fingerprint density at radius 1 is 0.875 bits per heavy atom. The van der Waals surface area contributed by atoms with Crippen LogP contribution in [-0.4, -0.2) is 50.4 Å². The number of carbonyl (C=O) groups is 2. The summed E-state index contributed by atoms with van der Waals surface area (Å²) in [7, 11) is -4.32. The number of aryl methyl sites for hydroxylation is 1. The molecule has 252 valence electrons. The minimum Gasteiger partial charge on any atom is -0.494 e. The largest absolute Gasteiger partial charge is 0.494 e. The molecule has 0 aliphatic heterocycles. The van der Waals surface area contributed by atoms with Gasteiger partial charge in [0.05, 0.1) is 17.2 Å². The van der Waals surface area contributed by atoms with Gasteiger partial charge in [0.25, 0.3) is 10.0 Å². The average Bonchev–Trinajstić information content (AvgIpc) is 3.60. The topological polar surface area (TPSA) is 96.0 Å². The number of sulfonamides is 1. The molecule has 0 saturated heterocycles. The van der Waals surface area contributed by atoms with Crippen molar-refractivity contribution in [1.82, 2.24) is 10.2 Å². The maximum Gasteiger partial charge on any atom is 0.264 e. The van der Waals surface area contributed by atoms with Crippen molar-refractivity contribution in [2.45, 2.75) is 69.5 Å². The van der Waals surface area contributed by atoms with E-state index in [1.54, 1.807) is 12.1 Å². The van der Waals surface area contributed by atoms with Crippen molar-refractivity contribution in [2.75, 3.05) is 17.5 Å². The van der Waals surface area contributed by atoms with Gasteiger partial charge >= 0.3 is 0 Å². The van der Waals surface area contributed by atoms with Gasteiger partial charge in [0.15, 0.2) is 0 Å². The van der Waals surface area contributed by atoms with E-state index in [9.17, 15) is 22.4 Å². The average molecular weight is 672 g/mol. The minimum absolute atomic E-state index is 0.0165. The third kappa shape index (κ3) is 8.80. The standard InChI is InChI=1S/C38H42FN3O5S/c1-3-47-34-21-23-35(24-22-34)48(45,46)42(33-19-17-31(39)18-20-33)27-37(43)41(26-30-15-13-28(2)14-16-30)36(25-29-9-5-4-6-10-29)38(44)40-32-11-7-8-12-32/h4-6,9-10,13-24,32,36H,3,7-8,11-12,25-27H2,1-2H3,(H,40,44)/t36-/m0/s1. The molecule has 1 atom stereocenters. The van der Waals surface area contributed by atoms with Crippen LogP contribution in [0, 0.1) is 12.7 Å².